The van der Waals surface area contributed by atoms with Gasteiger partial charge in [-0.1, -0.05) is 11.3 Å². The van der Waals surface area contributed by atoms with Crippen molar-refractivity contribution in [3.63, 3.8) is 0 Å². The van der Waals surface area contributed by atoms with Gasteiger partial charge in [-0.2, -0.15) is 0 Å². The third-order valence-electron chi connectivity index (χ3n) is 1.32. The van der Waals surface area contributed by atoms with Gasteiger partial charge in [0, 0.05) is 18.7 Å². The Balaban J connectivity index is 2.63. The predicted octanol–water partition coefficient (Wildman–Crippen LogP) is 0.302. The molecule has 1 aromatic heterocycles. The fourth-order valence-electron chi connectivity index (χ4n) is 0.712. The van der Waals surface area contributed by atoms with Crippen LogP contribution in [0.5, 0.6) is 0 Å². The molecule has 0 bridgehead atoms. The lowest BCUT2D eigenvalue weighted by atomic mass is 10.7. The number of halogens is 1. The van der Waals surface area contributed by atoms with Crippen LogP contribution in [0.25, 0.3) is 0 Å². The van der Waals surface area contributed by atoms with Gasteiger partial charge in [0.15, 0.2) is 0 Å². The first-order valence-electron chi connectivity index (χ1n) is 4.08. The molecular weight excluding hydrogens is 276 g/mol. The van der Waals surface area contributed by atoms with E-state index >= 15 is 0 Å². The summed E-state index contributed by atoms with van der Waals surface area (Å²) in [6.07, 6.45) is 1.02. The summed E-state index contributed by atoms with van der Waals surface area (Å²) in [5.41, 5.74) is 0. The van der Waals surface area contributed by atoms with E-state index in [1.165, 1.54) is 0 Å². The van der Waals surface area contributed by atoms with E-state index in [2.05, 4.69) is 20.8 Å². The van der Waals surface area contributed by atoms with Gasteiger partial charge in [-0.3, -0.25) is 5.32 Å². The van der Waals surface area contributed by atoms with E-state index in [1.54, 1.807) is 0 Å². The number of urea groups is 1. The third-order valence-corrected chi connectivity index (χ3v) is 4.02. The van der Waals surface area contributed by atoms with Crippen LogP contribution in [0.2, 0.25) is 0 Å². The molecule has 0 saturated heterocycles. The molecule has 1 rings (SSSR count). The summed E-state index contributed by atoms with van der Waals surface area (Å²) in [6.45, 7) is 0.311. The van der Waals surface area contributed by atoms with Gasteiger partial charge < -0.3 is 5.32 Å². The number of sulfone groups is 1. The molecule has 10 heteroatoms. The van der Waals surface area contributed by atoms with Crippen LogP contribution in [-0.2, 0) is 9.84 Å². The first kappa shape index (κ1) is 13.1. The highest BCUT2D eigenvalue weighted by atomic mass is 35.5. The third kappa shape index (κ3) is 3.91. The zero-order valence-electron chi connectivity index (χ0n) is 8.23. The van der Waals surface area contributed by atoms with Crippen LogP contribution >= 0.6 is 22.9 Å². The normalized spacial score (nSPS) is 11.1. The Morgan fingerprint density at radius 1 is 1.50 bits per heavy atom. The van der Waals surface area contributed by atoms with E-state index in [-0.39, 0.29) is 15.4 Å². The summed E-state index contributed by atoms with van der Waals surface area (Å²) < 4.78 is 22.0. The Kier molecular flexibility index (Phi) is 4.44. The minimum atomic E-state index is -3.38. The Morgan fingerprint density at radius 2 is 2.19 bits per heavy atom. The summed E-state index contributed by atoms with van der Waals surface area (Å²) >= 11 is 6.15. The summed E-state index contributed by atoms with van der Waals surface area (Å²) in [5.74, 6) is 0.290. The first-order chi connectivity index (χ1) is 7.43. The van der Waals surface area contributed by atoms with Crippen molar-refractivity contribution in [1.29, 1.82) is 0 Å². The maximum atomic E-state index is 11.1. The average Bonchev–Trinajstić information content (AvgIpc) is 2.62. The summed E-state index contributed by atoms with van der Waals surface area (Å²) in [4.78, 5) is 11.1. The summed E-state index contributed by atoms with van der Waals surface area (Å²) in [5, 5.41) is 11.8. The molecule has 16 heavy (non-hydrogen) atoms. The Labute approximate surface area is 101 Å². The summed E-state index contributed by atoms with van der Waals surface area (Å²) in [7, 11) is -3.38. The SMILES string of the molecule is CS(=O)(=O)c1nnc(NC(=O)NCCCl)s1. The highest BCUT2D eigenvalue weighted by Crippen LogP contribution is 2.19. The number of alkyl halides is 1. The van der Waals surface area contributed by atoms with E-state index in [1.807, 2.05) is 0 Å². The predicted molar refractivity (Wildman–Crippen MR) is 60.8 cm³/mol. The largest absolute Gasteiger partial charge is 0.337 e. The van der Waals surface area contributed by atoms with E-state index < -0.39 is 15.9 Å². The van der Waals surface area contributed by atoms with Gasteiger partial charge in [0.05, 0.1) is 0 Å². The zero-order valence-corrected chi connectivity index (χ0v) is 10.6. The number of carbonyl (C=O) groups is 1. The second-order valence-electron chi connectivity index (χ2n) is 2.72. The molecule has 0 aromatic carbocycles. The van der Waals surface area contributed by atoms with Gasteiger partial charge in [0.1, 0.15) is 0 Å². The van der Waals surface area contributed by atoms with Crippen LogP contribution < -0.4 is 10.6 Å². The van der Waals surface area contributed by atoms with E-state index in [9.17, 15) is 13.2 Å². The number of aromatic nitrogens is 2. The highest BCUT2D eigenvalue weighted by Gasteiger charge is 2.15. The lowest BCUT2D eigenvalue weighted by Gasteiger charge is -2.01. The molecule has 7 nitrogen and oxygen atoms in total. The molecule has 1 heterocycles. The van der Waals surface area contributed by atoms with Gasteiger partial charge >= 0.3 is 6.03 Å². The van der Waals surface area contributed by atoms with Gasteiger partial charge in [0.2, 0.25) is 19.3 Å². The van der Waals surface area contributed by atoms with Gasteiger partial charge in [-0.15, -0.1) is 21.8 Å². The van der Waals surface area contributed by atoms with Crippen LogP contribution in [0.15, 0.2) is 4.34 Å². The number of nitrogens with one attached hydrogen (secondary N) is 2. The van der Waals surface area contributed by atoms with Crippen LogP contribution in [0.4, 0.5) is 9.93 Å². The van der Waals surface area contributed by atoms with Crippen molar-refractivity contribution in [3.05, 3.63) is 0 Å². The quantitative estimate of drug-likeness (QED) is 0.612. The molecule has 2 amide bonds. The number of hydrogen-bond acceptors (Lipinski definition) is 6. The fraction of sp³-hybridized carbons (Fsp3) is 0.500. The van der Waals surface area contributed by atoms with Crippen molar-refractivity contribution < 1.29 is 13.2 Å². The topological polar surface area (TPSA) is 101 Å². The Morgan fingerprint density at radius 3 is 2.69 bits per heavy atom. The molecule has 1 aromatic rings. The van der Waals surface area contributed by atoms with Crippen molar-refractivity contribution in [2.75, 3.05) is 24.0 Å². The fourth-order valence-corrected chi connectivity index (χ4v) is 2.31. The molecular formula is C6H9ClN4O3S2. The van der Waals surface area contributed by atoms with Crippen molar-refractivity contribution in [1.82, 2.24) is 15.5 Å². The molecule has 0 spiro atoms. The zero-order chi connectivity index (χ0) is 12.2. The second kappa shape index (κ2) is 5.41. The van der Waals surface area contributed by atoms with Crippen LogP contribution in [0.1, 0.15) is 0 Å². The molecule has 0 fully saturated rings. The second-order valence-corrected chi connectivity index (χ2v) is 6.26. The maximum absolute atomic E-state index is 11.1. The molecule has 0 radical (unpaired) electrons. The van der Waals surface area contributed by atoms with Crippen molar-refractivity contribution >= 4 is 43.9 Å². The Hall–Kier alpha value is -0.930. The lowest BCUT2D eigenvalue weighted by Crippen LogP contribution is -2.30. The molecule has 0 unspecified atom stereocenters. The molecule has 0 saturated carbocycles. The average molecular weight is 285 g/mol. The van der Waals surface area contributed by atoms with Gasteiger partial charge in [-0.25, -0.2) is 13.2 Å². The van der Waals surface area contributed by atoms with Crippen LogP contribution in [0, 0.1) is 0 Å². The number of carbonyl (C=O) groups excluding carboxylic acids is 1. The molecule has 0 aliphatic heterocycles. The monoisotopic (exact) mass is 284 g/mol. The van der Waals surface area contributed by atoms with Crippen molar-refractivity contribution in [2.24, 2.45) is 0 Å². The van der Waals surface area contributed by atoms with Crippen LogP contribution in [0.3, 0.4) is 0 Å². The minimum absolute atomic E-state index is 0.118. The smallest absolute Gasteiger partial charge is 0.321 e. The first-order valence-corrected chi connectivity index (χ1v) is 7.32. The highest BCUT2D eigenvalue weighted by molar-refractivity contribution is 7.92. The summed E-state index contributed by atoms with van der Waals surface area (Å²) in [6, 6.07) is -0.503. The maximum Gasteiger partial charge on any atom is 0.321 e. The van der Waals surface area contributed by atoms with Gasteiger partial charge in [-0.05, 0) is 0 Å². The molecule has 0 atom stereocenters. The molecule has 0 aliphatic rings. The van der Waals surface area contributed by atoms with Crippen molar-refractivity contribution in [3.8, 4) is 0 Å². The lowest BCUT2D eigenvalue weighted by molar-refractivity contribution is 0.252. The van der Waals surface area contributed by atoms with E-state index in [0.717, 1.165) is 17.6 Å². The number of nitrogens with zero attached hydrogens (tertiary/aromatic N) is 2. The minimum Gasteiger partial charge on any atom is -0.337 e. The van der Waals surface area contributed by atoms with Gasteiger partial charge in [0.25, 0.3) is 0 Å². The van der Waals surface area contributed by atoms with E-state index in [4.69, 9.17) is 11.6 Å². The molecule has 2 N–H and O–H groups in total. The number of anilines is 1. The number of rotatable bonds is 4. The Bertz CT molecular complexity index is 472. The standard InChI is InChI=1S/C6H9ClN4O3S2/c1-16(13,14)6-11-10-5(15-6)9-4(12)8-3-2-7/h2-3H2,1H3,(H2,8,9,10,12). The molecule has 90 valence electrons. The van der Waals surface area contributed by atoms with Crippen molar-refractivity contribution in [2.45, 2.75) is 4.34 Å². The molecule has 0 aliphatic carbocycles. The van der Waals surface area contributed by atoms with Crippen LogP contribution in [-0.4, -0.2) is 43.3 Å². The number of amides is 2. The number of hydrogen-bond donors (Lipinski definition) is 2. The van der Waals surface area contributed by atoms with E-state index in [0.29, 0.717) is 6.54 Å².